The van der Waals surface area contributed by atoms with Gasteiger partial charge in [0.2, 0.25) is 5.91 Å². The number of furan rings is 1. The van der Waals surface area contributed by atoms with E-state index in [9.17, 15) is 9.18 Å². The van der Waals surface area contributed by atoms with Crippen LogP contribution < -0.4 is 16.0 Å². The summed E-state index contributed by atoms with van der Waals surface area (Å²) in [5.74, 6) is 0.795. The lowest BCUT2D eigenvalue weighted by molar-refractivity contribution is -0.120. The molecule has 1 aromatic carbocycles. The Labute approximate surface area is 140 Å². The zero-order valence-corrected chi connectivity index (χ0v) is 13.5. The molecule has 0 spiro atoms. The number of nitrogens with zero attached hydrogens (tertiary/aromatic N) is 1. The van der Waals surface area contributed by atoms with Crippen LogP contribution in [-0.4, -0.2) is 32.0 Å². The van der Waals surface area contributed by atoms with Crippen LogP contribution in [0.3, 0.4) is 0 Å². The second-order valence-electron chi connectivity index (χ2n) is 5.09. The Kier molecular flexibility index (Phi) is 6.82. The van der Waals surface area contributed by atoms with Gasteiger partial charge in [-0.15, -0.1) is 0 Å². The van der Waals surface area contributed by atoms with E-state index in [4.69, 9.17) is 4.42 Å². The molecular formula is C17H21FN4O2. The van der Waals surface area contributed by atoms with Crippen molar-refractivity contribution in [3.05, 3.63) is 59.8 Å². The van der Waals surface area contributed by atoms with Gasteiger partial charge in [-0.05, 0) is 36.2 Å². The summed E-state index contributed by atoms with van der Waals surface area (Å²) in [4.78, 5) is 15.8. The zero-order chi connectivity index (χ0) is 17.2. The number of carbonyl (C=O) groups is 1. The lowest BCUT2D eigenvalue weighted by Gasteiger charge is -2.11. The third-order valence-corrected chi connectivity index (χ3v) is 3.28. The van der Waals surface area contributed by atoms with E-state index in [1.54, 1.807) is 31.5 Å². The van der Waals surface area contributed by atoms with Crippen LogP contribution in [0.1, 0.15) is 11.3 Å². The van der Waals surface area contributed by atoms with Crippen molar-refractivity contribution >= 4 is 11.9 Å². The molecule has 1 amide bonds. The lowest BCUT2D eigenvalue weighted by Crippen LogP contribution is -2.43. The second kappa shape index (κ2) is 9.34. The van der Waals surface area contributed by atoms with Crippen LogP contribution in [0.15, 0.2) is 52.1 Å². The van der Waals surface area contributed by atoms with Gasteiger partial charge in [-0.3, -0.25) is 9.79 Å². The molecule has 2 aromatic rings. The Balaban J connectivity index is 1.65. The van der Waals surface area contributed by atoms with Crippen LogP contribution in [0.25, 0.3) is 0 Å². The summed E-state index contributed by atoms with van der Waals surface area (Å²) in [5.41, 5.74) is 0.897. The first-order valence-corrected chi connectivity index (χ1v) is 7.65. The number of nitrogens with one attached hydrogen (secondary N) is 3. The van der Waals surface area contributed by atoms with Crippen LogP contribution >= 0.6 is 0 Å². The number of amides is 1. The molecule has 0 unspecified atom stereocenters. The smallest absolute Gasteiger partial charge is 0.239 e. The molecule has 0 saturated carbocycles. The Hall–Kier alpha value is -2.83. The third kappa shape index (κ3) is 6.12. The summed E-state index contributed by atoms with van der Waals surface area (Å²) in [5, 5.41) is 8.73. The molecule has 0 fully saturated rings. The molecule has 2 rings (SSSR count). The fourth-order valence-corrected chi connectivity index (χ4v) is 2.06. The van der Waals surface area contributed by atoms with Gasteiger partial charge >= 0.3 is 0 Å². The third-order valence-electron chi connectivity index (χ3n) is 3.28. The van der Waals surface area contributed by atoms with E-state index in [1.807, 2.05) is 6.07 Å². The molecule has 0 aliphatic heterocycles. The van der Waals surface area contributed by atoms with Crippen molar-refractivity contribution in [1.29, 1.82) is 0 Å². The van der Waals surface area contributed by atoms with Gasteiger partial charge in [0, 0.05) is 13.6 Å². The van der Waals surface area contributed by atoms with Crippen molar-refractivity contribution in [2.24, 2.45) is 4.99 Å². The Morgan fingerprint density at radius 3 is 2.79 bits per heavy atom. The summed E-state index contributed by atoms with van der Waals surface area (Å²) in [6, 6.07) is 10.0. The number of aliphatic imine (C=N–C) groups is 1. The van der Waals surface area contributed by atoms with Gasteiger partial charge < -0.3 is 20.4 Å². The first-order chi connectivity index (χ1) is 11.7. The Morgan fingerprint density at radius 1 is 1.21 bits per heavy atom. The van der Waals surface area contributed by atoms with E-state index < -0.39 is 0 Å². The largest absolute Gasteiger partial charge is 0.467 e. The number of rotatable bonds is 7. The summed E-state index contributed by atoms with van der Waals surface area (Å²) in [6.07, 6.45) is 2.22. The number of halogens is 1. The van der Waals surface area contributed by atoms with Gasteiger partial charge in [-0.2, -0.15) is 0 Å². The van der Waals surface area contributed by atoms with Crippen LogP contribution in [0.5, 0.6) is 0 Å². The highest BCUT2D eigenvalue weighted by atomic mass is 19.1. The Bertz CT molecular complexity index is 671. The molecule has 0 atom stereocenters. The quantitative estimate of drug-likeness (QED) is 0.530. The van der Waals surface area contributed by atoms with Crippen molar-refractivity contribution in [2.45, 2.75) is 13.0 Å². The van der Waals surface area contributed by atoms with E-state index in [-0.39, 0.29) is 18.3 Å². The standard InChI is InChI=1S/C17H21FN4O2/c1-19-17(20-8-7-13-4-2-5-14(18)10-13)22-12-16(23)21-11-15-6-3-9-24-15/h2-6,9-10H,7-8,11-12H2,1H3,(H,21,23)(H2,19,20,22). The molecule has 128 valence electrons. The molecule has 0 aliphatic carbocycles. The Morgan fingerprint density at radius 2 is 2.08 bits per heavy atom. The minimum absolute atomic E-state index is 0.0976. The van der Waals surface area contributed by atoms with Gasteiger partial charge in [0.15, 0.2) is 5.96 Å². The summed E-state index contributed by atoms with van der Waals surface area (Å²) in [6.45, 7) is 1.02. The summed E-state index contributed by atoms with van der Waals surface area (Å²) >= 11 is 0. The lowest BCUT2D eigenvalue weighted by atomic mass is 10.1. The van der Waals surface area contributed by atoms with Crippen LogP contribution in [0.4, 0.5) is 4.39 Å². The highest BCUT2D eigenvalue weighted by Crippen LogP contribution is 2.03. The SMILES string of the molecule is CN=C(NCCc1cccc(F)c1)NCC(=O)NCc1ccco1. The fraction of sp³-hybridized carbons (Fsp3) is 0.294. The summed E-state index contributed by atoms with van der Waals surface area (Å²) in [7, 11) is 1.62. The van der Waals surface area contributed by atoms with Crippen molar-refractivity contribution in [1.82, 2.24) is 16.0 Å². The maximum absolute atomic E-state index is 13.1. The molecule has 0 saturated heterocycles. The van der Waals surface area contributed by atoms with Gasteiger partial charge in [0.05, 0.1) is 19.4 Å². The topological polar surface area (TPSA) is 78.7 Å². The van der Waals surface area contributed by atoms with Crippen LogP contribution in [0.2, 0.25) is 0 Å². The first-order valence-electron chi connectivity index (χ1n) is 7.65. The number of benzene rings is 1. The van der Waals surface area contributed by atoms with E-state index in [1.165, 1.54) is 12.1 Å². The highest BCUT2D eigenvalue weighted by Gasteiger charge is 2.04. The molecule has 24 heavy (non-hydrogen) atoms. The highest BCUT2D eigenvalue weighted by molar-refractivity contribution is 5.86. The number of hydrogen-bond acceptors (Lipinski definition) is 3. The minimum Gasteiger partial charge on any atom is -0.467 e. The molecule has 3 N–H and O–H groups in total. The molecule has 1 heterocycles. The normalized spacial score (nSPS) is 11.2. The van der Waals surface area contributed by atoms with E-state index in [0.29, 0.717) is 31.2 Å². The molecule has 7 heteroatoms. The van der Waals surface area contributed by atoms with Gasteiger partial charge in [0.1, 0.15) is 11.6 Å². The van der Waals surface area contributed by atoms with Crippen LogP contribution in [0, 0.1) is 5.82 Å². The number of hydrogen-bond donors (Lipinski definition) is 3. The zero-order valence-electron chi connectivity index (χ0n) is 13.5. The molecule has 0 radical (unpaired) electrons. The van der Waals surface area contributed by atoms with E-state index >= 15 is 0 Å². The molecule has 0 aliphatic rings. The second-order valence-corrected chi connectivity index (χ2v) is 5.09. The molecule has 1 aromatic heterocycles. The van der Waals surface area contributed by atoms with E-state index in [2.05, 4.69) is 20.9 Å². The number of guanidine groups is 1. The number of carbonyl (C=O) groups excluding carboxylic acids is 1. The average Bonchev–Trinajstić information content (AvgIpc) is 3.09. The summed E-state index contributed by atoms with van der Waals surface area (Å²) < 4.78 is 18.2. The van der Waals surface area contributed by atoms with E-state index in [0.717, 1.165) is 5.56 Å². The predicted molar refractivity (Wildman–Crippen MR) is 90.0 cm³/mol. The fourth-order valence-electron chi connectivity index (χ4n) is 2.06. The molecule has 6 nitrogen and oxygen atoms in total. The van der Waals surface area contributed by atoms with Gasteiger partial charge in [-0.1, -0.05) is 12.1 Å². The van der Waals surface area contributed by atoms with Crippen molar-refractivity contribution < 1.29 is 13.6 Å². The molecular weight excluding hydrogens is 311 g/mol. The maximum Gasteiger partial charge on any atom is 0.239 e. The van der Waals surface area contributed by atoms with Crippen molar-refractivity contribution in [3.63, 3.8) is 0 Å². The predicted octanol–water partition coefficient (Wildman–Crippen LogP) is 1.44. The molecule has 0 bridgehead atoms. The average molecular weight is 332 g/mol. The first kappa shape index (κ1) is 17.5. The van der Waals surface area contributed by atoms with Gasteiger partial charge in [-0.25, -0.2) is 4.39 Å². The maximum atomic E-state index is 13.1. The van der Waals surface area contributed by atoms with Crippen molar-refractivity contribution in [2.75, 3.05) is 20.1 Å². The van der Waals surface area contributed by atoms with Gasteiger partial charge in [0.25, 0.3) is 0 Å². The monoisotopic (exact) mass is 332 g/mol. The van der Waals surface area contributed by atoms with Crippen LogP contribution in [-0.2, 0) is 17.8 Å². The van der Waals surface area contributed by atoms with Crippen molar-refractivity contribution in [3.8, 4) is 0 Å². The minimum atomic E-state index is -0.247.